The SMILES string of the molecule is O=C1CCC(c2ccc(OCCCCCCCCCCC(=O)N3CCC(Nc4cc(C(=O)NC[C@H](O)CN5CCc6ccccc6C5)ncn4)CC3)cc2)C(=O)N1. The van der Waals surface area contributed by atoms with E-state index in [-0.39, 0.29) is 47.8 Å². The lowest BCUT2D eigenvalue weighted by Gasteiger charge is -2.32. The maximum Gasteiger partial charge on any atom is 0.270 e. The van der Waals surface area contributed by atoms with Crippen molar-refractivity contribution >= 4 is 29.4 Å². The zero-order valence-electron chi connectivity index (χ0n) is 33.1. The number of unbranched alkanes of at least 4 members (excludes halogenated alkanes) is 7. The van der Waals surface area contributed by atoms with Crippen LogP contribution in [-0.2, 0) is 27.3 Å². The van der Waals surface area contributed by atoms with Crippen LogP contribution in [0.2, 0.25) is 0 Å². The highest BCUT2D eigenvalue weighted by Crippen LogP contribution is 2.27. The highest BCUT2D eigenvalue weighted by molar-refractivity contribution is 6.01. The maximum atomic E-state index is 12.9. The highest BCUT2D eigenvalue weighted by Gasteiger charge is 2.28. The van der Waals surface area contributed by atoms with Crippen LogP contribution in [0, 0.1) is 0 Å². The van der Waals surface area contributed by atoms with Gasteiger partial charge in [0.1, 0.15) is 23.6 Å². The number of nitrogens with zero attached hydrogens (tertiary/aromatic N) is 4. The number of amides is 4. The van der Waals surface area contributed by atoms with Crippen molar-refractivity contribution in [3.8, 4) is 5.75 Å². The smallest absolute Gasteiger partial charge is 0.270 e. The third-order valence-electron chi connectivity index (χ3n) is 11.4. The molecule has 13 heteroatoms. The van der Waals surface area contributed by atoms with E-state index in [9.17, 15) is 24.3 Å². The molecular formula is C44H59N7O6. The zero-order valence-corrected chi connectivity index (χ0v) is 33.1. The van der Waals surface area contributed by atoms with Crippen LogP contribution in [0.25, 0.3) is 0 Å². The number of benzene rings is 2. The molecule has 0 bridgehead atoms. The molecule has 0 aliphatic carbocycles. The maximum absolute atomic E-state index is 12.9. The average molecular weight is 782 g/mol. The summed E-state index contributed by atoms with van der Waals surface area (Å²) in [6.07, 6.45) is 13.6. The lowest BCUT2D eigenvalue weighted by atomic mass is 9.90. The highest BCUT2D eigenvalue weighted by atomic mass is 16.5. The Labute approximate surface area is 336 Å². The molecule has 3 aromatic rings. The number of piperidine rings is 2. The van der Waals surface area contributed by atoms with Crippen LogP contribution in [-0.4, -0.2) is 100.0 Å². The topological polar surface area (TPSA) is 166 Å². The Bertz CT molecular complexity index is 1780. The number of rotatable bonds is 20. The van der Waals surface area contributed by atoms with Crippen molar-refractivity contribution in [2.45, 2.75) is 114 Å². The number of likely N-dealkylation sites (tertiary alicyclic amines) is 1. The molecule has 4 N–H and O–H groups in total. The van der Waals surface area contributed by atoms with Gasteiger partial charge in [-0.2, -0.15) is 0 Å². The van der Waals surface area contributed by atoms with E-state index in [0.717, 1.165) is 75.8 Å². The summed E-state index contributed by atoms with van der Waals surface area (Å²) >= 11 is 0. The summed E-state index contributed by atoms with van der Waals surface area (Å²) in [6, 6.07) is 17.8. The zero-order chi connectivity index (χ0) is 39.8. The van der Waals surface area contributed by atoms with E-state index < -0.39 is 6.10 Å². The second-order valence-electron chi connectivity index (χ2n) is 15.7. The Morgan fingerprint density at radius 3 is 2.33 bits per heavy atom. The van der Waals surface area contributed by atoms with Crippen molar-refractivity contribution in [2.75, 3.05) is 44.6 Å². The predicted molar refractivity (Wildman–Crippen MR) is 218 cm³/mol. The molecule has 1 unspecified atom stereocenters. The third-order valence-corrected chi connectivity index (χ3v) is 11.4. The molecule has 13 nitrogen and oxygen atoms in total. The van der Waals surface area contributed by atoms with E-state index >= 15 is 0 Å². The Morgan fingerprint density at radius 1 is 0.860 bits per heavy atom. The first-order valence-electron chi connectivity index (χ1n) is 21.0. The monoisotopic (exact) mass is 781 g/mol. The van der Waals surface area contributed by atoms with Gasteiger partial charge in [-0.25, -0.2) is 9.97 Å². The van der Waals surface area contributed by atoms with Gasteiger partial charge >= 0.3 is 0 Å². The number of imide groups is 1. The fourth-order valence-electron chi connectivity index (χ4n) is 8.01. The van der Waals surface area contributed by atoms with E-state index in [1.807, 2.05) is 35.2 Å². The Kier molecular flexibility index (Phi) is 15.8. The first-order valence-corrected chi connectivity index (χ1v) is 21.0. The normalized spacial score (nSPS) is 18.1. The third kappa shape index (κ3) is 13.1. The summed E-state index contributed by atoms with van der Waals surface area (Å²) in [4.78, 5) is 61.9. The summed E-state index contributed by atoms with van der Waals surface area (Å²) < 4.78 is 5.89. The molecule has 0 radical (unpaired) electrons. The van der Waals surface area contributed by atoms with Crippen molar-refractivity contribution in [2.24, 2.45) is 0 Å². The van der Waals surface area contributed by atoms with Crippen LogP contribution in [0.4, 0.5) is 5.82 Å². The van der Waals surface area contributed by atoms with Crippen LogP contribution in [0.5, 0.6) is 5.75 Å². The molecule has 57 heavy (non-hydrogen) atoms. The minimum Gasteiger partial charge on any atom is -0.494 e. The predicted octanol–water partition coefficient (Wildman–Crippen LogP) is 5.14. The minimum absolute atomic E-state index is 0.143. The number of β-amino-alcohol motifs (C(OH)–C–C–N with tert-alkyl or cyclic N) is 1. The van der Waals surface area contributed by atoms with Gasteiger partial charge in [0.05, 0.1) is 18.6 Å². The Balaban J connectivity index is 0.762. The fraction of sp³-hybridized carbons (Fsp3) is 0.545. The van der Waals surface area contributed by atoms with Gasteiger partial charge in [-0.05, 0) is 67.3 Å². The number of aromatic nitrogens is 2. The van der Waals surface area contributed by atoms with Crippen molar-refractivity contribution in [1.82, 2.24) is 30.4 Å². The number of carbonyl (C=O) groups is 4. The van der Waals surface area contributed by atoms with E-state index in [2.05, 4.69) is 49.0 Å². The summed E-state index contributed by atoms with van der Waals surface area (Å²) in [5.74, 6) is 0.562. The lowest BCUT2D eigenvalue weighted by molar-refractivity contribution is -0.134. The summed E-state index contributed by atoms with van der Waals surface area (Å²) in [5, 5.41) is 19.3. The average Bonchev–Trinajstić information content (AvgIpc) is 3.22. The first-order chi connectivity index (χ1) is 27.8. The molecular weight excluding hydrogens is 723 g/mol. The fourth-order valence-corrected chi connectivity index (χ4v) is 8.01. The molecule has 6 rings (SSSR count). The minimum atomic E-state index is -0.686. The molecule has 3 aliphatic rings. The van der Waals surface area contributed by atoms with Crippen molar-refractivity contribution in [1.29, 1.82) is 0 Å². The number of ether oxygens (including phenoxy) is 1. The van der Waals surface area contributed by atoms with Crippen LogP contribution in [0.3, 0.4) is 0 Å². The number of anilines is 1. The molecule has 3 aliphatic heterocycles. The van der Waals surface area contributed by atoms with Gasteiger partial charge in [0.15, 0.2) is 0 Å². The number of carbonyl (C=O) groups excluding carboxylic acids is 4. The molecule has 2 fully saturated rings. The Morgan fingerprint density at radius 2 is 1.58 bits per heavy atom. The molecule has 4 amide bonds. The Hall–Kier alpha value is -4.88. The van der Waals surface area contributed by atoms with Crippen LogP contribution >= 0.6 is 0 Å². The standard InChI is InChI=1S/C44H59N7O6/c52-36(30-50-23-20-32-11-8-9-12-34(32)29-50)28-45-44(56)39-27-40(47-31-46-39)48-35-21-24-51(25-22-35)42(54)13-7-5-3-1-2-4-6-10-26-57-37-16-14-33(15-17-37)38-18-19-41(53)49-43(38)55/h8-9,11-12,14-17,27,31,35-36,38,52H,1-7,10,13,18-26,28-30H2,(H,45,56)(H,46,47,48)(H,49,53,55)/t36-,38?/m0/s1. The molecule has 306 valence electrons. The molecule has 0 spiro atoms. The van der Waals surface area contributed by atoms with Gasteiger partial charge in [0.2, 0.25) is 17.7 Å². The van der Waals surface area contributed by atoms with E-state index in [1.165, 1.54) is 36.7 Å². The molecule has 4 heterocycles. The summed E-state index contributed by atoms with van der Waals surface area (Å²) in [7, 11) is 0. The molecule has 2 saturated heterocycles. The van der Waals surface area contributed by atoms with Gasteiger partial charge in [0.25, 0.3) is 5.91 Å². The first kappa shape index (κ1) is 41.7. The second-order valence-corrected chi connectivity index (χ2v) is 15.7. The van der Waals surface area contributed by atoms with E-state index in [4.69, 9.17) is 4.74 Å². The van der Waals surface area contributed by atoms with Gasteiger partial charge in [-0.15, -0.1) is 0 Å². The van der Waals surface area contributed by atoms with Crippen molar-refractivity contribution in [3.05, 3.63) is 83.3 Å². The molecule has 0 saturated carbocycles. The van der Waals surface area contributed by atoms with Gasteiger partial charge < -0.3 is 25.4 Å². The van der Waals surface area contributed by atoms with E-state index in [1.54, 1.807) is 6.07 Å². The number of aliphatic hydroxyl groups is 1. The number of fused-ring (bicyclic) bond motifs is 1. The number of hydrogen-bond acceptors (Lipinski definition) is 10. The molecule has 2 aromatic carbocycles. The van der Waals surface area contributed by atoms with Crippen molar-refractivity contribution in [3.63, 3.8) is 0 Å². The van der Waals surface area contributed by atoms with Crippen LogP contribution in [0.15, 0.2) is 60.9 Å². The number of nitrogens with one attached hydrogen (secondary N) is 3. The number of hydrogen-bond donors (Lipinski definition) is 4. The summed E-state index contributed by atoms with van der Waals surface area (Å²) in [5.41, 5.74) is 3.81. The van der Waals surface area contributed by atoms with E-state index in [0.29, 0.717) is 51.3 Å². The van der Waals surface area contributed by atoms with Gasteiger partial charge in [-0.1, -0.05) is 74.9 Å². The van der Waals surface area contributed by atoms with Gasteiger partial charge in [-0.3, -0.25) is 29.4 Å². The number of aliphatic hydroxyl groups excluding tert-OH is 1. The quantitative estimate of drug-likeness (QED) is 0.0892. The molecule has 2 atom stereocenters. The second kappa shape index (κ2) is 21.6. The lowest BCUT2D eigenvalue weighted by Crippen LogP contribution is -2.42. The molecule has 1 aromatic heterocycles. The van der Waals surface area contributed by atoms with Gasteiger partial charge in [0, 0.05) is 64.2 Å². The van der Waals surface area contributed by atoms with Crippen LogP contribution < -0.4 is 20.7 Å². The van der Waals surface area contributed by atoms with Crippen molar-refractivity contribution < 1.29 is 29.0 Å². The summed E-state index contributed by atoms with van der Waals surface area (Å²) in [6.45, 7) is 4.38. The largest absolute Gasteiger partial charge is 0.494 e. The van der Waals surface area contributed by atoms with Crippen LogP contribution in [0.1, 0.15) is 117 Å².